The van der Waals surface area contributed by atoms with Gasteiger partial charge in [-0.1, -0.05) is 140 Å². The van der Waals surface area contributed by atoms with Gasteiger partial charge in [0.2, 0.25) is 0 Å². The Kier molecular flexibility index (Phi) is 7.39. The number of para-hydroxylation sites is 3. The van der Waals surface area contributed by atoms with Crippen LogP contribution in [0.2, 0.25) is 0 Å². The van der Waals surface area contributed by atoms with Gasteiger partial charge in [-0.2, -0.15) is 0 Å². The van der Waals surface area contributed by atoms with E-state index < -0.39 is 0 Å². The van der Waals surface area contributed by atoms with E-state index in [1.165, 1.54) is 53.2 Å². The number of hydrogen-bond donors (Lipinski definition) is 0. The highest BCUT2D eigenvalue weighted by Crippen LogP contribution is 2.43. The molecular formula is C52H33NOS. The SMILES string of the molecule is c1ccc(-c2ccccc2N(c2ccc(-c3ccc4cc5c(cc4c3)sc3ccccc35)cc2)c2ccc(-c3cccc4c3oc3ccccc34)cc2)cc1. The third-order valence-electron chi connectivity index (χ3n) is 10.9. The van der Waals surface area contributed by atoms with Crippen LogP contribution in [0.25, 0.3) is 86.3 Å². The minimum Gasteiger partial charge on any atom is -0.455 e. The zero-order chi connectivity index (χ0) is 36.3. The molecule has 11 aromatic rings. The summed E-state index contributed by atoms with van der Waals surface area (Å²) in [5.41, 5.74) is 12.1. The Hall–Kier alpha value is -6.94. The van der Waals surface area contributed by atoms with E-state index in [1.807, 2.05) is 23.5 Å². The van der Waals surface area contributed by atoms with Crippen molar-refractivity contribution in [2.75, 3.05) is 4.90 Å². The summed E-state index contributed by atoms with van der Waals surface area (Å²) in [5.74, 6) is 0. The second-order valence-corrected chi connectivity index (χ2v) is 15.2. The molecule has 0 amide bonds. The van der Waals surface area contributed by atoms with E-state index in [0.29, 0.717) is 0 Å². The van der Waals surface area contributed by atoms with Gasteiger partial charge in [-0.15, -0.1) is 11.3 Å². The summed E-state index contributed by atoms with van der Waals surface area (Å²) in [5, 5.41) is 7.47. The number of anilines is 3. The molecule has 55 heavy (non-hydrogen) atoms. The topological polar surface area (TPSA) is 16.4 Å². The van der Waals surface area contributed by atoms with Crippen LogP contribution in [0.3, 0.4) is 0 Å². The summed E-state index contributed by atoms with van der Waals surface area (Å²) < 4.78 is 9.07. The predicted molar refractivity (Wildman–Crippen MR) is 235 cm³/mol. The average Bonchev–Trinajstić information content (AvgIpc) is 3.82. The second kappa shape index (κ2) is 12.9. The van der Waals surface area contributed by atoms with Gasteiger partial charge in [0.15, 0.2) is 0 Å². The van der Waals surface area contributed by atoms with Gasteiger partial charge in [-0.25, -0.2) is 0 Å². The fraction of sp³-hybridized carbons (Fsp3) is 0. The molecule has 9 aromatic carbocycles. The van der Waals surface area contributed by atoms with Gasteiger partial charge in [0.1, 0.15) is 11.2 Å². The molecule has 0 aliphatic carbocycles. The van der Waals surface area contributed by atoms with Crippen molar-refractivity contribution in [1.82, 2.24) is 0 Å². The predicted octanol–water partition coefficient (Wildman–Crippen LogP) is 15.6. The smallest absolute Gasteiger partial charge is 0.143 e. The van der Waals surface area contributed by atoms with Crippen LogP contribution in [-0.2, 0) is 0 Å². The molecule has 2 nitrogen and oxygen atoms in total. The molecule has 0 aliphatic heterocycles. The van der Waals surface area contributed by atoms with Gasteiger partial charge in [0.05, 0.1) is 5.69 Å². The van der Waals surface area contributed by atoms with Crippen molar-refractivity contribution in [2.24, 2.45) is 0 Å². The highest BCUT2D eigenvalue weighted by Gasteiger charge is 2.19. The highest BCUT2D eigenvalue weighted by atomic mass is 32.1. The monoisotopic (exact) mass is 719 g/mol. The molecule has 0 unspecified atom stereocenters. The molecule has 3 heteroatoms. The molecular weight excluding hydrogens is 687 g/mol. The maximum absolute atomic E-state index is 6.41. The summed E-state index contributed by atoms with van der Waals surface area (Å²) >= 11 is 1.87. The summed E-state index contributed by atoms with van der Waals surface area (Å²) in [7, 11) is 0. The Bertz CT molecular complexity index is 3190. The van der Waals surface area contributed by atoms with Crippen molar-refractivity contribution in [3.8, 4) is 33.4 Å². The normalized spacial score (nSPS) is 11.6. The van der Waals surface area contributed by atoms with Gasteiger partial charge in [-0.05, 0) is 93.7 Å². The third kappa shape index (κ3) is 5.40. The van der Waals surface area contributed by atoms with Crippen LogP contribution in [0.1, 0.15) is 0 Å². The van der Waals surface area contributed by atoms with Crippen molar-refractivity contribution in [3.05, 3.63) is 200 Å². The number of thiophene rings is 1. The van der Waals surface area contributed by atoms with E-state index in [4.69, 9.17) is 4.42 Å². The number of rotatable bonds is 6. The van der Waals surface area contributed by atoms with Crippen molar-refractivity contribution in [3.63, 3.8) is 0 Å². The molecule has 258 valence electrons. The summed E-state index contributed by atoms with van der Waals surface area (Å²) in [6.45, 7) is 0. The van der Waals surface area contributed by atoms with Crippen LogP contribution in [0.4, 0.5) is 17.1 Å². The molecule has 0 saturated carbocycles. The van der Waals surface area contributed by atoms with Gasteiger partial charge < -0.3 is 9.32 Å². The Morgan fingerprint density at radius 2 is 1.00 bits per heavy atom. The lowest BCUT2D eigenvalue weighted by molar-refractivity contribution is 0.670. The van der Waals surface area contributed by atoms with Gasteiger partial charge in [0, 0.05) is 53.4 Å². The number of nitrogens with zero attached hydrogens (tertiary/aromatic N) is 1. The minimum atomic E-state index is 0.908. The standard InChI is InChI=1S/C52H33NOS/c1-2-11-35(12-3-1)42-13-4-7-18-48(42)53(41-29-25-36(26-30-41)43-16-10-17-46-44-14-5-8-19-49(44)54-52(43)46)40-27-23-34(24-28-40)37-21-22-38-32-47-45-15-6-9-20-50(45)55-51(47)33-39(38)31-37/h1-33H. The van der Waals surface area contributed by atoms with Crippen LogP contribution in [-0.4, -0.2) is 0 Å². The first kappa shape index (κ1) is 31.6. The van der Waals surface area contributed by atoms with E-state index in [0.717, 1.165) is 50.1 Å². The Labute approximate surface area is 322 Å². The largest absolute Gasteiger partial charge is 0.455 e. The van der Waals surface area contributed by atoms with E-state index in [9.17, 15) is 0 Å². The van der Waals surface area contributed by atoms with Crippen LogP contribution in [0.15, 0.2) is 205 Å². The van der Waals surface area contributed by atoms with Crippen LogP contribution in [0, 0.1) is 0 Å². The fourth-order valence-electron chi connectivity index (χ4n) is 8.17. The van der Waals surface area contributed by atoms with Crippen molar-refractivity contribution < 1.29 is 4.42 Å². The Morgan fingerprint density at radius 1 is 0.364 bits per heavy atom. The van der Waals surface area contributed by atoms with Crippen LogP contribution in [0.5, 0.6) is 0 Å². The molecule has 0 atom stereocenters. The zero-order valence-electron chi connectivity index (χ0n) is 29.8. The maximum atomic E-state index is 6.41. The Balaban J connectivity index is 1.00. The van der Waals surface area contributed by atoms with Gasteiger partial charge in [0.25, 0.3) is 0 Å². The Morgan fingerprint density at radius 3 is 1.84 bits per heavy atom. The van der Waals surface area contributed by atoms with Crippen molar-refractivity contribution in [2.45, 2.75) is 0 Å². The lowest BCUT2D eigenvalue weighted by Gasteiger charge is -2.28. The number of benzene rings is 9. The minimum absolute atomic E-state index is 0.908. The number of fused-ring (bicyclic) bond motifs is 7. The maximum Gasteiger partial charge on any atom is 0.143 e. The average molecular weight is 720 g/mol. The zero-order valence-corrected chi connectivity index (χ0v) is 30.6. The van der Waals surface area contributed by atoms with E-state index in [2.05, 4.69) is 193 Å². The molecule has 0 N–H and O–H groups in total. The van der Waals surface area contributed by atoms with Crippen LogP contribution < -0.4 is 4.90 Å². The van der Waals surface area contributed by atoms with Gasteiger partial charge >= 0.3 is 0 Å². The molecule has 0 bridgehead atoms. The van der Waals surface area contributed by atoms with Gasteiger partial charge in [-0.3, -0.25) is 0 Å². The summed E-state index contributed by atoms with van der Waals surface area (Å²) in [4.78, 5) is 2.37. The molecule has 2 aromatic heterocycles. The molecule has 0 aliphatic rings. The molecule has 0 fully saturated rings. The summed E-state index contributed by atoms with van der Waals surface area (Å²) in [6.07, 6.45) is 0. The highest BCUT2D eigenvalue weighted by molar-refractivity contribution is 7.25. The van der Waals surface area contributed by atoms with Crippen molar-refractivity contribution >= 4 is 81.3 Å². The first-order valence-electron chi connectivity index (χ1n) is 18.7. The van der Waals surface area contributed by atoms with E-state index >= 15 is 0 Å². The molecule has 0 radical (unpaired) electrons. The first-order chi connectivity index (χ1) is 27.2. The fourth-order valence-corrected chi connectivity index (χ4v) is 9.31. The molecule has 0 saturated heterocycles. The lowest BCUT2D eigenvalue weighted by atomic mass is 9.98. The lowest BCUT2D eigenvalue weighted by Crippen LogP contribution is -2.11. The molecule has 11 rings (SSSR count). The van der Waals surface area contributed by atoms with Crippen LogP contribution >= 0.6 is 11.3 Å². The van der Waals surface area contributed by atoms with E-state index in [-0.39, 0.29) is 0 Å². The quantitative estimate of drug-likeness (QED) is 0.170. The third-order valence-corrected chi connectivity index (χ3v) is 12.0. The second-order valence-electron chi connectivity index (χ2n) is 14.1. The number of furan rings is 1. The van der Waals surface area contributed by atoms with Crippen molar-refractivity contribution in [1.29, 1.82) is 0 Å². The summed E-state index contributed by atoms with van der Waals surface area (Å²) in [6, 6.07) is 72.2. The molecule has 0 spiro atoms. The van der Waals surface area contributed by atoms with E-state index in [1.54, 1.807) is 0 Å². The number of hydrogen-bond acceptors (Lipinski definition) is 3. The first-order valence-corrected chi connectivity index (χ1v) is 19.5. The molecule has 2 heterocycles.